The second kappa shape index (κ2) is 7.68. The fraction of sp³-hybridized carbons (Fsp3) is 0.333. The maximum atomic E-state index is 13.3. The number of carbonyl (C=O) groups is 2. The minimum absolute atomic E-state index is 0.000236. The summed E-state index contributed by atoms with van der Waals surface area (Å²) in [6.45, 7) is 4.95. The number of para-hydroxylation sites is 1. The van der Waals surface area contributed by atoms with Gasteiger partial charge in [-0.2, -0.15) is 0 Å². The smallest absolute Gasteiger partial charge is 0.253 e. The molecule has 0 bridgehead atoms. The normalized spacial score (nSPS) is 15.0. The number of anilines is 1. The van der Waals surface area contributed by atoms with Crippen molar-refractivity contribution < 1.29 is 14.0 Å². The van der Waals surface area contributed by atoms with E-state index in [4.69, 9.17) is 0 Å². The van der Waals surface area contributed by atoms with Crippen molar-refractivity contribution >= 4 is 17.5 Å². The number of amides is 2. The fourth-order valence-electron chi connectivity index (χ4n) is 3.39. The number of benzene rings is 2. The molecule has 1 heterocycles. The first-order valence-corrected chi connectivity index (χ1v) is 8.87. The Morgan fingerprint density at radius 3 is 2.27 bits per heavy atom. The topological polar surface area (TPSA) is 49.4 Å². The van der Waals surface area contributed by atoms with Gasteiger partial charge >= 0.3 is 0 Å². The number of aryl methyl sites for hydroxylation is 2. The maximum Gasteiger partial charge on any atom is 0.253 e. The Labute approximate surface area is 153 Å². The minimum atomic E-state index is -0.418. The quantitative estimate of drug-likeness (QED) is 0.908. The predicted octanol–water partition coefficient (Wildman–Crippen LogP) is 3.93. The number of nitrogens with one attached hydrogen (secondary N) is 1. The molecule has 2 aromatic rings. The lowest BCUT2D eigenvalue weighted by molar-refractivity contribution is -0.121. The molecule has 0 aliphatic carbocycles. The molecule has 0 spiro atoms. The van der Waals surface area contributed by atoms with Crippen molar-refractivity contribution in [1.82, 2.24) is 4.90 Å². The number of piperidine rings is 1. The van der Waals surface area contributed by atoms with Gasteiger partial charge in [-0.25, -0.2) is 4.39 Å². The summed E-state index contributed by atoms with van der Waals surface area (Å²) in [4.78, 5) is 26.8. The zero-order valence-corrected chi connectivity index (χ0v) is 15.1. The minimum Gasteiger partial charge on any atom is -0.339 e. The summed E-state index contributed by atoms with van der Waals surface area (Å²) in [5.41, 5.74) is 3.30. The Hall–Kier alpha value is -2.69. The van der Waals surface area contributed by atoms with E-state index in [0.717, 1.165) is 16.8 Å². The molecule has 1 saturated heterocycles. The first kappa shape index (κ1) is 18.1. The van der Waals surface area contributed by atoms with Gasteiger partial charge in [0, 0.05) is 30.3 Å². The van der Waals surface area contributed by atoms with Gasteiger partial charge in [-0.15, -0.1) is 0 Å². The Bertz CT molecular complexity index is 806. The maximum absolute atomic E-state index is 13.3. The molecule has 2 amide bonds. The summed E-state index contributed by atoms with van der Waals surface area (Å²) >= 11 is 0. The summed E-state index contributed by atoms with van der Waals surface area (Å²) in [5.74, 6) is -0.720. The van der Waals surface area contributed by atoms with E-state index in [1.165, 1.54) is 18.2 Å². The number of carbonyl (C=O) groups excluding carboxylic acids is 2. The molecular formula is C21H23FN2O2. The molecule has 0 aromatic heterocycles. The van der Waals surface area contributed by atoms with E-state index in [2.05, 4.69) is 5.32 Å². The van der Waals surface area contributed by atoms with Crippen LogP contribution < -0.4 is 5.32 Å². The van der Waals surface area contributed by atoms with Crippen LogP contribution in [0.25, 0.3) is 0 Å². The van der Waals surface area contributed by atoms with Crippen LogP contribution in [0.2, 0.25) is 0 Å². The van der Waals surface area contributed by atoms with Gasteiger partial charge in [-0.05, 0) is 56.0 Å². The van der Waals surface area contributed by atoms with Crippen LogP contribution in [0.3, 0.4) is 0 Å². The van der Waals surface area contributed by atoms with Crippen LogP contribution in [0.5, 0.6) is 0 Å². The third-order valence-corrected chi connectivity index (χ3v) is 4.95. The van der Waals surface area contributed by atoms with Crippen LogP contribution in [0.15, 0.2) is 42.5 Å². The highest BCUT2D eigenvalue weighted by atomic mass is 19.1. The van der Waals surface area contributed by atoms with E-state index in [-0.39, 0.29) is 17.7 Å². The van der Waals surface area contributed by atoms with Crippen LogP contribution in [0.1, 0.15) is 34.3 Å². The van der Waals surface area contributed by atoms with Gasteiger partial charge in [-0.3, -0.25) is 9.59 Å². The zero-order chi connectivity index (χ0) is 18.7. The predicted molar refractivity (Wildman–Crippen MR) is 99.6 cm³/mol. The largest absolute Gasteiger partial charge is 0.339 e. The molecule has 4 nitrogen and oxygen atoms in total. The lowest BCUT2D eigenvalue weighted by Gasteiger charge is -2.31. The molecule has 3 rings (SSSR count). The number of likely N-dealkylation sites (tertiary alicyclic amines) is 1. The van der Waals surface area contributed by atoms with Gasteiger partial charge in [0.15, 0.2) is 0 Å². The molecule has 136 valence electrons. The Morgan fingerprint density at radius 1 is 1.04 bits per heavy atom. The molecule has 0 saturated carbocycles. The Balaban J connectivity index is 1.60. The van der Waals surface area contributed by atoms with E-state index >= 15 is 0 Å². The molecule has 1 aliphatic rings. The van der Waals surface area contributed by atoms with Crippen molar-refractivity contribution in [3.05, 3.63) is 65.0 Å². The van der Waals surface area contributed by atoms with Gasteiger partial charge in [0.1, 0.15) is 5.82 Å². The van der Waals surface area contributed by atoms with E-state index in [0.29, 0.717) is 31.5 Å². The first-order valence-electron chi connectivity index (χ1n) is 8.87. The van der Waals surface area contributed by atoms with Gasteiger partial charge in [0.05, 0.1) is 0 Å². The Kier molecular flexibility index (Phi) is 5.35. The highest BCUT2D eigenvalue weighted by molar-refractivity contribution is 5.96. The fourth-order valence-corrected chi connectivity index (χ4v) is 3.39. The van der Waals surface area contributed by atoms with Crippen molar-refractivity contribution in [2.75, 3.05) is 18.4 Å². The van der Waals surface area contributed by atoms with Crippen molar-refractivity contribution in [3.63, 3.8) is 0 Å². The molecule has 0 atom stereocenters. The van der Waals surface area contributed by atoms with Crippen LogP contribution in [0, 0.1) is 25.6 Å². The van der Waals surface area contributed by atoms with Crippen molar-refractivity contribution in [2.24, 2.45) is 5.92 Å². The van der Waals surface area contributed by atoms with Gasteiger partial charge in [0.25, 0.3) is 5.91 Å². The molecule has 26 heavy (non-hydrogen) atoms. The zero-order valence-electron chi connectivity index (χ0n) is 15.1. The summed E-state index contributed by atoms with van der Waals surface area (Å²) < 4.78 is 13.3. The highest BCUT2D eigenvalue weighted by Crippen LogP contribution is 2.24. The second-order valence-electron chi connectivity index (χ2n) is 6.83. The molecule has 2 aromatic carbocycles. The van der Waals surface area contributed by atoms with Crippen molar-refractivity contribution in [1.29, 1.82) is 0 Å². The molecule has 0 unspecified atom stereocenters. The summed E-state index contributed by atoms with van der Waals surface area (Å²) in [6, 6.07) is 11.6. The lowest BCUT2D eigenvalue weighted by Crippen LogP contribution is -2.41. The number of rotatable bonds is 3. The number of halogens is 1. The van der Waals surface area contributed by atoms with E-state index in [1.807, 2.05) is 32.0 Å². The molecule has 5 heteroatoms. The summed E-state index contributed by atoms with van der Waals surface area (Å²) in [6.07, 6.45) is 1.22. The number of nitrogens with zero attached hydrogens (tertiary/aromatic N) is 1. The molecule has 1 N–H and O–H groups in total. The van der Waals surface area contributed by atoms with Crippen molar-refractivity contribution in [2.45, 2.75) is 26.7 Å². The lowest BCUT2D eigenvalue weighted by atomic mass is 9.95. The third-order valence-electron chi connectivity index (χ3n) is 4.95. The number of hydrogen-bond donors (Lipinski definition) is 1. The van der Waals surface area contributed by atoms with Crippen LogP contribution in [0.4, 0.5) is 10.1 Å². The second-order valence-corrected chi connectivity index (χ2v) is 6.83. The number of hydrogen-bond acceptors (Lipinski definition) is 2. The van der Waals surface area contributed by atoms with Crippen LogP contribution in [-0.4, -0.2) is 29.8 Å². The van der Waals surface area contributed by atoms with Crippen LogP contribution >= 0.6 is 0 Å². The molecule has 1 fully saturated rings. The van der Waals surface area contributed by atoms with E-state index in [1.54, 1.807) is 11.0 Å². The van der Waals surface area contributed by atoms with Gasteiger partial charge in [0.2, 0.25) is 5.91 Å². The van der Waals surface area contributed by atoms with Crippen LogP contribution in [-0.2, 0) is 4.79 Å². The van der Waals surface area contributed by atoms with E-state index in [9.17, 15) is 14.0 Å². The summed E-state index contributed by atoms with van der Waals surface area (Å²) in [5, 5.41) is 3.04. The summed E-state index contributed by atoms with van der Waals surface area (Å²) in [7, 11) is 0. The highest BCUT2D eigenvalue weighted by Gasteiger charge is 2.28. The molecular weight excluding hydrogens is 331 g/mol. The van der Waals surface area contributed by atoms with E-state index < -0.39 is 5.82 Å². The van der Waals surface area contributed by atoms with Gasteiger partial charge < -0.3 is 10.2 Å². The standard InChI is InChI=1S/C21H23FN2O2/c1-14-5-3-6-15(2)19(14)23-20(25)16-9-11-24(12-10-16)21(26)17-7-4-8-18(22)13-17/h3-8,13,16H,9-12H2,1-2H3,(H,23,25). The molecule has 1 aliphatic heterocycles. The first-order chi connectivity index (χ1) is 12.5. The van der Waals surface area contributed by atoms with Crippen molar-refractivity contribution in [3.8, 4) is 0 Å². The average Bonchev–Trinajstić information content (AvgIpc) is 2.64. The molecule has 0 radical (unpaired) electrons. The Morgan fingerprint density at radius 2 is 1.65 bits per heavy atom. The average molecular weight is 354 g/mol. The monoisotopic (exact) mass is 354 g/mol. The van der Waals surface area contributed by atoms with Gasteiger partial charge in [-0.1, -0.05) is 24.3 Å². The SMILES string of the molecule is Cc1cccc(C)c1NC(=O)C1CCN(C(=O)c2cccc(F)c2)CC1. The third kappa shape index (κ3) is 3.93.